The highest BCUT2D eigenvalue weighted by atomic mass is 35.5. The van der Waals surface area contributed by atoms with E-state index in [-0.39, 0.29) is 28.8 Å². The normalized spacial score (nSPS) is 11.6. The molecular weight excluding hydrogens is 665 g/mol. The Morgan fingerprint density at radius 2 is 1.76 bits per heavy atom. The van der Waals surface area contributed by atoms with Gasteiger partial charge in [-0.1, -0.05) is 29.8 Å². The van der Waals surface area contributed by atoms with Crippen LogP contribution in [0, 0.1) is 5.21 Å². The van der Waals surface area contributed by atoms with Crippen molar-refractivity contribution in [2.24, 2.45) is 0 Å². The summed E-state index contributed by atoms with van der Waals surface area (Å²) in [6.07, 6.45) is -3.17. The zero-order valence-corrected chi connectivity index (χ0v) is 24.3. The highest BCUT2D eigenvalue weighted by Gasteiger charge is 2.40. The minimum absolute atomic E-state index is 0.00896. The van der Waals surface area contributed by atoms with Gasteiger partial charge in [-0.05, 0) is 19.1 Å². The van der Waals surface area contributed by atoms with E-state index in [4.69, 9.17) is 25.7 Å². The molecule has 0 saturated heterocycles. The maximum atomic E-state index is 14.5. The van der Waals surface area contributed by atoms with Crippen molar-refractivity contribution >= 4 is 39.7 Å². The summed E-state index contributed by atoms with van der Waals surface area (Å²) in [5.41, 5.74) is -1.50. The van der Waals surface area contributed by atoms with E-state index in [1.165, 1.54) is 37.3 Å². The van der Waals surface area contributed by atoms with Crippen LogP contribution in [-0.2, 0) is 43.2 Å². The van der Waals surface area contributed by atoms with Gasteiger partial charge in [-0.3, -0.25) is 14.2 Å². The number of aliphatic carboxylic acids is 1. The molecule has 0 fully saturated rings. The van der Waals surface area contributed by atoms with Crippen molar-refractivity contribution in [2.75, 3.05) is 18.5 Å². The molecule has 2 aromatic heterocycles. The lowest BCUT2D eigenvalue weighted by atomic mass is 10.2. The largest absolute Gasteiger partial charge is 0.618 e. The second kappa shape index (κ2) is 15.4. The van der Waals surface area contributed by atoms with Gasteiger partial charge in [0.1, 0.15) is 17.4 Å². The Balaban J connectivity index is 0.000000900. The Kier molecular flexibility index (Phi) is 12.6. The second-order valence-electron chi connectivity index (χ2n) is 8.38. The first-order valence-electron chi connectivity index (χ1n) is 12.2. The predicted octanol–water partition coefficient (Wildman–Crippen LogP) is 2.34. The first-order valence-corrected chi connectivity index (χ1v) is 13.9. The van der Waals surface area contributed by atoms with Gasteiger partial charge in [0.05, 0.1) is 19.3 Å². The van der Waals surface area contributed by atoms with Gasteiger partial charge in [0.15, 0.2) is 12.0 Å². The molecule has 14 nitrogen and oxygen atoms in total. The number of carbonyl (C=O) groups excluding carboxylic acids is 1. The van der Waals surface area contributed by atoms with E-state index in [2.05, 4.69) is 19.8 Å². The molecule has 0 atom stereocenters. The molecule has 0 bridgehead atoms. The zero-order valence-electron chi connectivity index (χ0n) is 22.8. The lowest BCUT2D eigenvalue weighted by Crippen LogP contribution is -2.41. The topological polar surface area (TPSA) is 193 Å². The van der Waals surface area contributed by atoms with Crippen LogP contribution in [0.3, 0.4) is 0 Å². The van der Waals surface area contributed by atoms with E-state index in [9.17, 15) is 45.2 Å². The van der Waals surface area contributed by atoms with Crippen LogP contribution in [-0.4, -0.2) is 54.3 Å². The first kappa shape index (κ1) is 36.6. The molecule has 3 N–H and O–H groups in total. The van der Waals surface area contributed by atoms with Crippen LogP contribution >= 0.6 is 11.6 Å². The smallest absolute Gasteiger partial charge is 0.490 e. The third kappa shape index (κ3) is 11.1. The third-order valence-corrected chi connectivity index (χ3v) is 6.34. The van der Waals surface area contributed by atoms with Crippen LogP contribution in [0.25, 0.3) is 0 Å². The molecule has 0 unspecified atom stereocenters. The predicted molar refractivity (Wildman–Crippen MR) is 144 cm³/mol. The maximum absolute atomic E-state index is 14.5. The number of aromatic nitrogens is 3. The minimum atomic E-state index is -5.08. The zero-order chi connectivity index (χ0) is 34.0. The van der Waals surface area contributed by atoms with E-state index in [0.29, 0.717) is 5.56 Å². The summed E-state index contributed by atoms with van der Waals surface area (Å²) < 4.78 is 94.5. The van der Waals surface area contributed by atoms with Crippen LogP contribution in [0.15, 0.2) is 59.7 Å². The molecule has 21 heteroatoms. The summed E-state index contributed by atoms with van der Waals surface area (Å²) in [7, 11) is -4.31. The SMILES string of the molecule is CCOS(=O)(=O)Oc1ccccc1CNC(=O)Cn1c(Cl)cnc(NCC(F)(F)c2cccc[n+]2[O-])c1=O.O=C(O)C(F)(F)F. The van der Waals surface area contributed by atoms with Gasteiger partial charge >= 0.3 is 28.5 Å². The van der Waals surface area contributed by atoms with Crippen LogP contribution < -0.4 is 25.1 Å². The van der Waals surface area contributed by atoms with Crippen molar-refractivity contribution in [1.82, 2.24) is 14.9 Å². The monoisotopic (exact) mass is 687 g/mol. The lowest BCUT2D eigenvalue weighted by Gasteiger charge is -2.17. The quantitative estimate of drug-likeness (QED) is 0.144. The van der Waals surface area contributed by atoms with Gasteiger partial charge in [0.25, 0.3) is 11.3 Å². The second-order valence-corrected chi connectivity index (χ2v) is 9.98. The molecule has 0 aliphatic rings. The van der Waals surface area contributed by atoms with Crippen LogP contribution in [0.2, 0.25) is 5.15 Å². The van der Waals surface area contributed by atoms with E-state index in [1.807, 2.05) is 0 Å². The highest BCUT2D eigenvalue weighted by molar-refractivity contribution is 7.82. The minimum Gasteiger partial charge on any atom is -0.618 e. The molecule has 246 valence electrons. The van der Waals surface area contributed by atoms with Gasteiger partial charge < -0.3 is 25.1 Å². The fourth-order valence-electron chi connectivity index (χ4n) is 3.14. The number of halogens is 6. The average molecular weight is 688 g/mol. The molecule has 0 spiro atoms. The molecular formula is C24H23ClF5N5O9S. The number of carboxylic acids is 1. The molecule has 45 heavy (non-hydrogen) atoms. The number of amides is 1. The van der Waals surface area contributed by atoms with Crippen molar-refractivity contribution in [3.05, 3.63) is 86.8 Å². The summed E-state index contributed by atoms with van der Waals surface area (Å²) >= 11 is 6.00. The van der Waals surface area contributed by atoms with Crippen LogP contribution in [0.5, 0.6) is 5.75 Å². The summed E-state index contributed by atoms with van der Waals surface area (Å²) in [6, 6.07) is 9.48. The number of anilines is 1. The van der Waals surface area contributed by atoms with Gasteiger partial charge in [-0.25, -0.2) is 14.0 Å². The fourth-order valence-corrected chi connectivity index (χ4v) is 4.04. The van der Waals surface area contributed by atoms with Gasteiger partial charge in [-0.2, -0.15) is 35.1 Å². The number of alkyl halides is 5. The van der Waals surface area contributed by atoms with Gasteiger partial charge in [0.2, 0.25) is 5.91 Å². The molecule has 0 radical (unpaired) electrons. The Morgan fingerprint density at radius 1 is 1.13 bits per heavy atom. The molecule has 3 aromatic rings. The van der Waals surface area contributed by atoms with E-state index < -0.39 is 64.5 Å². The number of pyridine rings is 1. The van der Waals surface area contributed by atoms with Crippen LogP contribution in [0.1, 0.15) is 18.2 Å². The summed E-state index contributed by atoms with van der Waals surface area (Å²) in [5, 5.41) is 23.2. The molecule has 0 aliphatic heterocycles. The number of nitrogens with one attached hydrogen (secondary N) is 2. The fraction of sp³-hybridized carbons (Fsp3) is 0.292. The molecule has 3 rings (SSSR count). The summed E-state index contributed by atoms with van der Waals surface area (Å²) in [5.74, 6) is -7.71. The maximum Gasteiger partial charge on any atom is 0.490 e. The van der Waals surface area contributed by atoms with E-state index >= 15 is 0 Å². The van der Waals surface area contributed by atoms with Gasteiger partial charge in [0, 0.05) is 24.2 Å². The lowest BCUT2D eigenvalue weighted by molar-refractivity contribution is -0.624. The van der Waals surface area contributed by atoms with Crippen LogP contribution in [0.4, 0.5) is 27.8 Å². The number of para-hydroxylation sites is 1. The number of carbonyl (C=O) groups is 2. The van der Waals surface area contributed by atoms with Gasteiger partial charge in [-0.15, -0.1) is 0 Å². The van der Waals surface area contributed by atoms with Crippen molar-refractivity contribution < 1.29 is 58.2 Å². The number of carboxylic acid groups (broad SMARTS) is 1. The summed E-state index contributed by atoms with van der Waals surface area (Å²) in [6.45, 7) is -0.586. The third-order valence-electron chi connectivity index (χ3n) is 5.13. The van der Waals surface area contributed by atoms with Crippen molar-refractivity contribution in [1.29, 1.82) is 0 Å². The molecule has 2 heterocycles. The molecule has 0 aliphatic carbocycles. The Labute approximate surface area is 255 Å². The van der Waals surface area contributed by atoms with Crippen molar-refractivity contribution in [3.8, 4) is 5.75 Å². The molecule has 1 aromatic carbocycles. The number of hydrogen-bond acceptors (Lipinski definition) is 10. The van der Waals surface area contributed by atoms with E-state index in [0.717, 1.165) is 23.0 Å². The van der Waals surface area contributed by atoms with Crippen molar-refractivity contribution in [3.63, 3.8) is 0 Å². The Morgan fingerprint density at radius 3 is 2.36 bits per heavy atom. The highest BCUT2D eigenvalue weighted by Crippen LogP contribution is 2.25. The Hall–Kier alpha value is -4.56. The number of nitrogens with zero attached hydrogens (tertiary/aromatic N) is 3. The average Bonchev–Trinajstić information content (AvgIpc) is 2.94. The number of rotatable bonds is 12. The van der Waals surface area contributed by atoms with E-state index in [1.54, 1.807) is 6.07 Å². The molecule has 0 saturated carbocycles. The first-order chi connectivity index (χ1) is 20.9. The molecule has 1 amide bonds. The Bertz CT molecular complexity index is 1670. The van der Waals surface area contributed by atoms with Crippen molar-refractivity contribution in [2.45, 2.75) is 32.1 Å². The number of benzene rings is 1. The number of hydrogen-bond donors (Lipinski definition) is 3. The standard InChI is InChI=1S/C22H22ClF2N5O7S.C2HF3O2/c1-2-36-38(34,35)37-16-8-4-3-7-15(16)11-26-19(31)13-29-18(23)12-27-20(21(29)32)28-14-22(24,25)17-9-5-6-10-30(17)33;3-2(4,5)1(6)7/h3-10,12H,2,11,13-14H2,1H3,(H,26,31)(H,27,28);(H,6,7). The summed E-state index contributed by atoms with van der Waals surface area (Å²) in [4.78, 5) is 37.9.